The lowest BCUT2D eigenvalue weighted by Crippen LogP contribution is -2.50. The average molecular weight is 186 g/mol. The lowest BCUT2D eigenvalue weighted by molar-refractivity contribution is -0.135. The zero-order valence-corrected chi connectivity index (χ0v) is 7.88. The zero-order valence-electron chi connectivity index (χ0n) is 7.88. The van der Waals surface area contributed by atoms with E-state index in [1.54, 1.807) is 0 Å². The van der Waals surface area contributed by atoms with Gasteiger partial charge in [-0.05, 0) is 19.3 Å². The van der Waals surface area contributed by atoms with Crippen molar-refractivity contribution in [3.05, 3.63) is 0 Å². The molecule has 0 aromatic heterocycles. The minimum absolute atomic E-state index is 0.0645. The van der Waals surface area contributed by atoms with Crippen LogP contribution in [0.15, 0.2) is 0 Å². The molecule has 4 N–H and O–H groups in total. The summed E-state index contributed by atoms with van der Waals surface area (Å²) in [5.41, 5.74) is 5.28. The molecule has 0 heterocycles. The van der Waals surface area contributed by atoms with Gasteiger partial charge in [-0.25, -0.2) is 0 Å². The van der Waals surface area contributed by atoms with E-state index < -0.39 is 0 Å². The lowest BCUT2D eigenvalue weighted by atomic mass is 9.68. The van der Waals surface area contributed by atoms with Crippen LogP contribution in [0.25, 0.3) is 0 Å². The highest BCUT2D eigenvalue weighted by Crippen LogP contribution is 2.39. The molecule has 0 bridgehead atoms. The second kappa shape index (κ2) is 4.58. The lowest BCUT2D eigenvalue weighted by Gasteiger charge is -2.39. The van der Waals surface area contributed by atoms with Crippen LogP contribution >= 0.6 is 0 Å². The first-order chi connectivity index (χ1) is 6.25. The van der Waals surface area contributed by atoms with E-state index in [0.29, 0.717) is 19.5 Å². The van der Waals surface area contributed by atoms with E-state index in [0.717, 1.165) is 19.3 Å². The molecule has 0 spiro atoms. The van der Waals surface area contributed by atoms with Crippen molar-refractivity contribution in [3.8, 4) is 0 Å². The number of carbonyl (C=O) groups excluding carboxylic acids is 1. The van der Waals surface area contributed by atoms with Crippen molar-refractivity contribution >= 4 is 5.91 Å². The third-order valence-corrected chi connectivity index (χ3v) is 2.80. The van der Waals surface area contributed by atoms with Crippen molar-refractivity contribution in [2.75, 3.05) is 19.7 Å². The van der Waals surface area contributed by atoms with Gasteiger partial charge in [-0.3, -0.25) is 4.79 Å². The quantitative estimate of drug-likeness (QED) is 0.512. The Morgan fingerprint density at radius 2 is 2.23 bits per heavy atom. The van der Waals surface area contributed by atoms with Gasteiger partial charge in [0.25, 0.3) is 0 Å². The molecular weight excluding hydrogens is 168 g/mol. The largest absolute Gasteiger partial charge is 0.396 e. The summed E-state index contributed by atoms with van der Waals surface area (Å²) in [7, 11) is 0. The summed E-state index contributed by atoms with van der Waals surface area (Å²) in [5, 5.41) is 11.3. The third-order valence-electron chi connectivity index (χ3n) is 2.80. The van der Waals surface area contributed by atoms with Crippen LogP contribution in [0.5, 0.6) is 0 Å². The van der Waals surface area contributed by atoms with E-state index in [9.17, 15) is 4.79 Å². The topological polar surface area (TPSA) is 75.4 Å². The van der Waals surface area contributed by atoms with Gasteiger partial charge in [0, 0.05) is 19.7 Å². The summed E-state index contributed by atoms with van der Waals surface area (Å²) in [6, 6.07) is 0. The van der Waals surface area contributed by atoms with Gasteiger partial charge in [-0.2, -0.15) is 0 Å². The number of aliphatic hydroxyl groups excluding tert-OH is 1. The Morgan fingerprint density at radius 3 is 2.62 bits per heavy atom. The van der Waals surface area contributed by atoms with Crippen molar-refractivity contribution in [1.29, 1.82) is 0 Å². The van der Waals surface area contributed by atoms with Gasteiger partial charge >= 0.3 is 0 Å². The Kier molecular flexibility index (Phi) is 3.69. The normalized spacial score (nSPS) is 19.2. The van der Waals surface area contributed by atoms with Crippen LogP contribution in [0.2, 0.25) is 0 Å². The van der Waals surface area contributed by atoms with E-state index in [-0.39, 0.29) is 17.9 Å². The molecule has 1 rings (SSSR count). The molecule has 0 aromatic rings. The zero-order chi connectivity index (χ0) is 9.73. The predicted molar refractivity (Wildman–Crippen MR) is 50.1 cm³/mol. The van der Waals surface area contributed by atoms with E-state index >= 15 is 0 Å². The Morgan fingerprint density at radius 1 is 1.54 bits per heavy atom. The highest BCUT2D eigenvalue weighted by atomic mass is 16.3. The van der Waals surface area contributed by atoms with Gasteiger partial charge in [0.2, 0.25) is 5.91 Å². The van der Waals surface area contributed by atoms with Crippen LogP contribution < -0.4 is 11.1 Å². The monoisotopic (exact) mass is 186 g/mol. The van der Waals surface area contributed by atoms with E-state index in [1.165, 1.54) is 0 Å². The fourth-order valence-electron chi connectivity index (χ4n) is 1.60. The van der Waals surface area contributed by atoms with Crippen molar-refractivity contribution < 1.29 is 9.90 Å². The standard InChI is InChI=1S/C9H18N2O2/c10-7-9(3-1-4-9)8(13)11-5-2-6-12/h12H,1-7,10H2,(H,11,13). The molecule has 0 aromatic carbocycles. The summed E-state index contributed by atoms with van der Waals surface area (Å²) in [4.78, 5) is 11.6. The van der Waals surface area contributed by atoms with Crippen LogP contribution in [0.4, 0.5) is 0 Å². The van der Waals surface area contributed by atoms with Gasteiger partial charge in [0.05, 0.1) is 5.41 Å². The first-order valence-corrected chi connectivity index (χ1v) is 4.84. The summed E-state index contributed by atoms with van der Waals surface area (Å²) in [5.74, 6) is 0.0645. The third kappa shape index (κ3) is 2.19. The number of rotatable bonds is 5. The molecule has 1 aliphatic carbocycles. The molecule has 1 aliphatic rings. The van der Waals surface area contributed by atoms with Crippen LogP contribution in [-0.2, 0) is 4.79 Å². The van der Waals surface area contributed by atoms with Gasteiger partial charge in [0.15, 0.2) is 0 Å². The molecule has 0 saturated heterocycles. The maximum atomic E-state index is 11.6. The van der Waals surface area contributed by atoms with Gasteiger partial charge in [0.1, 0.15) is 0 Å². The summed E-state index contributed by atoms with van der Waals surface area (Å²) < 4.78 is 0. The SMILES string of the molecule is NCC1(C(=O)NCCCO)CCC1. The number of hydrogen-bond acceptors (Lipinski definition) is 3. The molecule has 13 heavy (non-hydrogen) atoms. The number of aliphatic hydroxyl groups is 1. The van der Waals surface area contributed by atoms with Crippen LogP contribution in [0.1, 0.15) is 25.7 Å². The number of nitrogens with one attached hydrogen (secondary N) is 1. The summed E-state index contributed by atoms with van der Waals surface area (Å²) in [6.45, 7) is 1.12. The van der Waals surface area contributed by atoms with Crippen LogP contribution in [0, 0.1) is 5.41 Å². The van der Waals surface area contributed by atoms with Gasteiger partial charge in [-0.1, -0.05) is 6.42 Å². The van der Waals surface area contributed by atoms with Crippen LogP contribution in [-0.4, -0.2) is 30.7 Å². The molecule has 0 atom stereocenters. The predicted octanol–water partition coefficient (Wildman–Crippen LogP) is -0.386. The molecule has 0 aliphatic heterocycles. The second-order valence-corrected chi connectivity index (χ2v) is 3.67. The molecule has 0 unspecified atom stereocenters. The van der Waals surface area contributed by atoms with Gasteiger partial charge in [-0.15, -0.1) is 0 Å². The van der Waals surface area contributed by atoms with Crippen molar-refractivity contribution in [3.63, 3.8) is 0 Å². The van der Waals surface area contributed by atoms with Crippen molar-refractivity contribution in [1.82, 2.24) is 5.32 Å². The maximum absolute atomic E-state index is 11.6. The molecule has 76 valence electrons. The fraction of sp³-hybridized carbons (Fsp3) is 0.889. The van der Waals surface area contributed by atoms with E-state index in [2.05, 4.69) is 5.32 Å². The smallest absolute Gasteiger partial charge is 0.227 e. The number of carbonyl (C=O) groups is 1. The molecule has 1 amide bonds. The fourth-order valence-corrected chi connectivity index (χ4v) is 1.60. The van der Waals surface area contributed by atoms with Crippen molar-refractivity contribution in [2.24, 2.45) is 11.1 Å². The molecular formula is C9H18N2O2. The summed E-state index contributed by atoms with van der Waals surface area (Å²) >= 11 is 0. The first kappa shape index (κ1) is 10.5. The minimum atomic E-state index is -0.282. The molecule has 4 nitrogen and oxygen atoms in total. The second-order valence-electron chi connectivity index (χ2n) is 3.67. The van der Waals surface area contributed by atoms with E-state index in [4.69, 9.17) is 10.8 Å². The van der Waals surface area contributed by atoms with Crippen molar-refractivity contribution in [2.45, 2.75) is 25.7 Å². The Bertz CT molecular complexity index is 173. The number of nitrogens with two attached hydrogens (primary N) is 1. The molecule has 1 fully saturated rings. The Hall–Kier alpha value is -0.610. The molecule has 1 saturated carbocycles. The van der Waals surface area contributed by atoms with Gasteiger partial charge < -0.3 is 16.2 Å². The highest BCUT2D eigenvalue weighted by molar-refractivity contribution is 5.83. The minimum Gasteiger partial charge on any atom is -0.396 e. The Balaban J connectivity index is 2.28. The Labute approximate surface area is 78.5 Å². The first-order valence-electron chi connectivity index (χ1n) is 4.84. The highest BCUT2D eigenvalue weighted by Gasteiger charge is 2.42. The molecule has 4 heteroatoms. The number of hydrogen-bond donors (Lipinski definition) is 3. The summed E-state index contributed by atoms with van der Waals surface area (Å²) in [6.07, 6.45) is 3.54. The molecule has 0 radical (unpaired) electrons. The van der Waals surface area contributed by atoms with Crippen LogP contribution in [0.3, 0.4) is 0 Å². The number of amides is 1. The van der Waals surface area contributed by atoms with E-state index in [1.807, 2.05) is 0 Å². The average Bonchev–Trinajstić information content (AvgIpc) is 2.04. The maximum Gasteiger partial charge on any atom is 0.227 e.